The molecule has 0 saturated heterocycles. The van der Waals surface area contributed by atoms with Crippen LogP contribution in [0, 0.1) is 0 Å². The van der Waals surface area contributed by atoms with Gasteiger partial charge in [-0.1, -0.05) is 48.5 Å². The van der Waals surface area contributed by atoms with Crippen molar-refractivity contribution in [3.8, 4) is 5.75 Å². The number of nitrogens with zero attached hydrogens (tertiary/aromatic N) is 1. The second kappa shape index (κ2) is 5.56. The maximum absolute atomic E-state index is 12.5. The highest BCUT2D eigenvalue weighted by Gasteiger charge is 2.53. The van der Waals surface area contributed by atoms with Crippen molar-refractivity contribution in [2.45, 2.75) is 5.66 Å². The lowest BCUT2D eigenvalue weighted by Crippen LogP contribution is -2.52. The Morgan fingerprint density at radius 1 is 0.880 bits per heavy atom. The molecule has 1 heterocycles. The van der Waals surface area contributed by atoms with Gasteiger partial charge in [0.25, 0.3) is 0 Å². The van der Waals surface area contributed by atoms with Crippen LogP contribution in [-0.4, -0.2) is 16.2 Å². The number of phenolic OH excluding ortho intramolecular Hbond substituents is 1. The lowest BCUT2D eigenvalue weighted by Gasteiger charge is -2.37. The summed E-state index contributed by atoms with van der Waals surface area (Å²) in [6, 6.07) is 23.2. The van der Waals surface area contributed by atoms with Crippen LogP contribution in [0.5, 0.6) is 5.75 Å². The van der Waals surface area contributed by atoms with Gasteiger partial charge in [-0.15, -0.1) is 0 Å². The monoisotopic (exact) mass is 332 g/mol. The van der Waals surface area contributed by atoms with Gasteiger partial charge in [0.1, 0.15) is 5.75 Å². The number of para-hydroxylation sites is 4. The van der Waals surface area contributed by atoms with Crippen molar-refractivity contribution in [2.24, 2.45) is 0 Å². The zero-order valence-electron chi connectivity index (χ0n) is 13.3. The molecule has 25 heavy (non-hydrogen) atoms. The predicted molar refractivity (Wildman–Crippen MR) is 96.1 cm³/mol. The Kier molecular flexibility index (Phi) is 3.35. The molecule has 3 N–H and O–H groups in total. The molecular formula is C20H16N2O3. The highest BCUT2D eigenvalue weighted by atomic mass is 16.4. The molecule has 0 fully saturated rings. The molecule has 1 aliphatic rings. The van der Waals surface area contributed by atoms with Gasteiger partial charge in [-0.25, -0.2) is 4.79 Å². The molecule has 4 rings (SSSR count). The average Bonchev–Trinajstić information content (AvgIpc) is 2.99. The minimum Gasteiger partial charge on any atom is -0.507 e. The number of fused-ring (bicyclic) bond motifs is 1. The van der Waals surface area contributed by atoms with Crippen molar-refractivity contribution in [3.63, 3.8) is 0 Å². The quantitative estimate of drug-likeness (QED) is 0.678. The molecule has 0 amide bonds. The Morgan fingerprint density at radius 2 is 1.52 bits per heavy atom. The van der Waals surface area contributed by atoms with Crippen LogP contribution < -0.4 is 10.2 Å². The van der Waals surface area contributed by atoms with Gasteiger partial charge in [-0.2, -0.15) is 0 Å². The topological polar surface area (TPSA) is 72.8 Å². The third-order valence-corrected chi connectivity index (χ3v) is 4.41. The lowest BCUT2D eigenvalue weighted by molar-refractivity contribution is -0.142. The number of anilines is 3. The fourth-order valence-corrected chi connectivity index (χ4v) is 3.35. The Morgan fingerprint density at radius 3 is 2.24 bits per heavy atom. The molecule has 1 unspecified atom stereocenters. The number of nitrogens with one attached hydrogen (secondary N) is 1. The van der Waals surface area contributed by atoms with E-state index in [1.165, 1.54) is 6.07 Å². The van der Waals surface area contributed by atoms with Crippen LogP contribution in [0.3, 0.4) is 0 Å². The van der Waals surface area contributed by atoms with E-state index in [1.54, 1.807) is 23.1 Å². The second-order valence-corrected chi connectivity index (χ2v) is 5.85. The van der Waals surface area contributed by atoms with Crippen molar-refractivity contribution in [3.05, 3.63) is 84.4 Å². The Labute approximate surface area is 144 Å². The zero-order valence-corrected chi connectivity index (χ0v) is 13.3. The lowest BCUT2D eigenvalue weighted by atomic mass is 9.96. The molecule has 3 aromatic rings. The molecule has 124 valence electrons. The van der Waals surface area contributed by atoms with Gasteiger partial charge in [0.2, 0.25) is 5.66 Å². The number of benzene rings is 3. The molecule has 0 bridgehead atoms. The average molecular weight is 332 g/mol. The smallest absolute Gasteiger partial charge is 0.356 e. The molecule has 5 nitrogen and oxygen atoms in total. The highest BCUT2D eigenvalue weighted by Crippen LogP contribution is 2.51. The van der Waals surface area contributed by atoms with E-state index in [-0.39, 0.29) is 11.3 Å². The summed E-state index contributed by atoms with van der Waals surface area (Å²) in [5.41, 5.74) is 0.778. The van der Waals surface area contributed by atoms with Gasteiger partial charge in [-0.3, -0.25) is 0 Å². The first-order valence-electron chi connectivity index (χ1n) is 7.89. The number of hydrogen-bond donors (Lipinski definition) is 3. The van der Waals surface area contributed by atoms with Crippen molar-refractivity contribution in [1.29, 1.82) is 0 Å². The predicted octanol–water partition coefficient (Wildman–Crippen LogP) is 3.89. The van der Waals surface area contributed by atoms with E-state index in [0.29, 0.717) is 11.4 Å². The Bertz CT molecular complexity index is 942. The van der Waals surface area contributed by atoms with E-state index in [4.69, 9.17) is 0 Å². The van der Waals surface area contributed by atoms with E-state index >= 15 is 0 Å². The third-order valence-electron chi connectivity index (χ3n) is 4.41. The van der Waals surface area contributed by atoms with Crippen LogP contribution in [0.15, 0.2) is 78.9 Å². The minimum absolute atomic E-state index is 0.0777. The first-order chi connectivity index (χ1) is 12.1. The molecule has 0 aliphatic carbocycles. The van der Waals surface area contributed by atoms with Crippen molar-refractivity contribution in [1.82, 2.24) is 0 Å². The summed E-state index contributed by atoms with van der Waals surface area (Å²) in [6.07, 6.45) is 0. The van der Waals surface area contributed by atoms with E-state index in [2.05, 4.69) is 5.32 Å². The molecule has 0 spiro atoms. The number of carbonyl (C=O) groups is 1. The Balaban J connectivity index is 2.04. The second-order valence-electron chi connectivity index (χ2n) is 5.85. The van der Waals surface area contributed by atoms with E-state index in [1.807, 2.05) is 54.6 Å². The van der Waals surface area contributed by atoms with Crippen LogP contribution in [0.25, 0.3) is 0 Å². The molecule has 1 atom stereocenters. The standard InChI is InChI=1S/C20H16N2O3/c23-18-13-7-4-10-15(18)20(19(24)25)21-16-11-5-6-12-17(16)22(20)14-8-2-1-3-9-14/h1-13,21,23H,(H,24,25). The molecule has 0 saturated carbocycles. The first kappa shape index (κ1) is 15.1. The maximum atomic E-state index is 12.5. The number of aromatic hydroxyl groups is 1. The largest absolute Gasteiger partial charge is 0.507 e. The molecule has 5 heteroatoms. The summed E-state index contributed by atoms with van der Waals surface area (Å²) >= 11 is 0. The van der Waals surface area contributed by atoms with Gasteiger partial charge >= 0.3 is 5.97 Å². The number of carboxylic acid groups (broad SMARTS) is 1. The van der Waals surface area contributed by atoms with E-state index < -0.39 is 11.6 Å². The summed E-state index contributed by atoms with van der Waals surface area (Å²) in [5, 5.41) is 23.7. The van der Waals surface area contributed by atoms with Gasteiger partial charge in [0, 0.05) is 5.69 Å². The molecule has 3 aromatic carbocycles. The highest BCUT2D eigenvalue weighted by molar-refractivity contribution is 5.99. The summed E-state index contributed by atoms with van der Waals surface area (Å²) in [4.78, 5) is 14.2. The zero-order chi connectivity index (χ0) is 17.4. The number of rotatable bonds is 3. The summed E-state index contributed by atoms with van der Waals surface area (Å²) in [5.74, 6) is -1.18. The molecule has 0 radical (unpaired) electrons. The normalized spacial score (nSPS) is 18.5. The number of phenols is 1. The first-order valence-corrected chi connectivity index (χ1v) is 7.89. The molecule has 0 aromatic heterocycles. The fraction of sp³-hybridized carbons (Fsp3) is 0.0500. The molecule has 1 aliphatic heterocycles. The summed E-state index contributed by atoms with van der Waals surface area (Å²) in [7, 11) is 0. The van der Waals surface area contributed by atoms with E-state index in [9.17, 15) is 15.0 Å². The Hall–Kier alpha value is -3.47. The van der Waals surface area contributed by atoms with Gasteiger partial charge < -0.3 is 20.4 Å². The number of hydrogen-bond acceptors (Lipinski definition) is 4. The van der Waals surface area contributed by atoms with Crippen molar-refractivity contribution < 1.29 is 15.0 Å². The van der Waals surface area contributed by atoms with Crippen LogP contribution in [-0.2, 0) is 10.5 Å². The van der Waals surface area contributed by atoms with Crippen LogP contribution in [0.2, 0.25) is 0 Å². The van der Waals surface area contributed by atoms with Crippen LogP contribution in [0.1, 0.15) is 5.56 Å². The SMILES string of the molecule is O=C(O)C1(c2ccccc2O)Nc2ccccc2N1c1ccccc1. The van der Waals surface area contributed by atoms with Gasteiger partial charge in [0.05, 0.1) is 16.9 Å². The van der Waals surface area contributed by atoms with Crippen LogP contribution >= 0.6 is 0 Å². The number of carboxylic acids is 1. The summed E-state index contributed by atoms with van der Waals surface area (Å²) in [6.45, 7) is 0. The maximum Gasteiger partial charge on any atom is 0.356 e. The van der Waals surface area contributed by atoms with Crippen molar-refractivity contribution >= 4 is 23.0 Å². The van der Waals surface area contributed by atoms with E-state index in [0.717, 1.165) is 5.69 Å². The molecular weight excluding hydrogens is 316 g/mol. The van der Waals surface area contributed by atoms with Crippen LogP contribution in [0.4, 0.5) is 17.1 Å². The summed E-state index contributed by atoms with van der Waals surface area (Å²) < 4.78 is 0. The third kappa shape index (κ3) is 2.13. The van der Waals surface area contributed by atoms with Crippen molar-refractivity contribution in [2.75, 3.05) is 10.2 Å². The van der Waals surface area contributed by atoms with Gasteiger partial charge in [0.15, 0.2) is 0 Å². The number of aliphatic carboxylic acids is 1. The van der Waals surface area contributed by atoms with Gasteiger partial charge in [-0.05, 0) is 30.3 Å². The fourth-order valence-electron chi connectivity index (χ4n) is 3.35. The minimum atomic E-state index is -1.64.